The van der Waals surface area contributed by atoms with Crippen molar-refractivity contribution in [3.05, 3.63) is 0 Å². The Morgan fingerprint density at radius 1 is 1.55 bits per heavy atom. The van der Waals surface area contributed by atoms with Crippen LogP contribution in [0.5, 0.6) is 0 Å². The van der Waals surface area contributed by atoms with Crippen LogP contribution in [0.4, 0.5) is 0 Å². The predicted molar refractivity (Wildman–Crippen MR) is 41.7 cm³/mol. The molecule has 0 aromatic carbocycles. The average Bonchev–Trinajstić information content (AvgIpc) is 1.86. The molecule has 0 saturated heterocycles. The fourth-order valence-electron chi connectivity index (χ4n) is 0.651. The summed E-state index contributed by atoms with van der Waals surface area (Å²) in [6, 6.07) is 0. The molecule has 0 spiro atoms. The Labute approximate surface area is 66.5 Å². The van der Waals surface area contributed by atoms with Gasteiger partial charge in [0.15, 0.2) is 0 Å². The van der Waals surface area contributed by atoms with E-state index >= 15 is 0 Å². The third-order valence-corrected chi connectivity index (χ3v) is 1.07. The van der Waals surface area contributed by atoms with Gasteiger partial charge in [-0.25, -0.2) is 5.01 Å². The topological polar surface area (TPSA) is 49.4 Å². The molecule has 0 rings (SSSR count). The molecular weight excluding hydrogens is 144 g/mol. The van der Waals surface area contributed by atoms with Crippen LogP contribution in [0.3, 0.4) is 0 Å². The smallest absolute Gasteiger partial charge is 0.234 e. The SMILES string of the molecule is CN(C)NC(=O)CCCC=O. The second kappa shape index (κ2) is 5.85. The number of rotatable bonds is 5. The summed E-state index contributed by atoms with van der Waals surface area (Å²) in [4.78, 5) is 20.7. The first-order chi connectivity index (χ1) is 5.16. The zero-order chi connectivity index (χ0) is 8.69. The van der Waals surface area contributed by atoms with Gasteiger partial charge in [0.25, 0.3) is 0 Å². The number of carbonyl (C=O) groups excluding carboxylic acids is 2. The molecule has 4 nitrogen and oxygen atoms in total. The van der Waals surface area contributed by atoms with E-state index in [-0.39, 0.29) is 5.91 Å². The standard InChI is InChI=1S/C7H14N2O2/c1-9(2)8-7(11)5-3-4-6-10/h6H,3-5H2,1-2H3,(H,8,11). The minimum Gasteiger partial charge on any atom is -0.303 e. The number of unbranched alkanes of at least 4 members (excludes halogenated alkanes) is 1. The largest absolute Gasteiger partial charge is 0.303 e. The molecule has 0 radical (unpaired) electrons. The Bertz CT molecular complexity index is 134. The van der Waals surface area contributed by atoms with Gasteiger partial charge in [0.2, 0.25) is 5.91 Å². The number of hydrazine groups is 1. The maximum absolute atomic E-state index is 10.9. The van der Waals surface area contributed by atoms with Crippen LogP contribution in [-0.2, 0) is 9.59 Å². The fraction of sp³-hybridized carbons (Fsp3) is 0.714. The predicted octanol–water partition coefficient (Wildman–Crippen LogP) is -0.0516. The second-order valence-electron chi connectivity index (χ2n) is 2.49. The third-order valence-electron chi connectivity index (χ3n) is 1.07. The monoisotopic (exact) mass is 158 g/mol. The van der Waals surface area contributed by atoms with E-state index in [1.807, 2.05) is 0 Å². The first-order valence-corrected chi connectivity index (χ1v) is 3.57. The van der Waals surface area contributed by atoms with Crippen molar-refractivity contribution >= 4 is 12.2 Å². The van der Waals surface area contributed by atoms with Crippen molar-refractivity contribution in [2.24, 2.45) is 0 Å². The molecule has 0 atom stereocenters. The zero-order valence-corrected chi connectivity index (χ0v) is 6.96. The van der Waals surface area contributed by atoms with Gasteiger partial charge < -0.3 is 4.79 Å². The number of hydrogen-bond donors (Lipinski definition) is 1. The van der Waals surface area contributed by atoms with E-state index in [9.17, 15) is 9.59 Å². The van der Waals surface area contributed by atoms with E-state index < -0.39 is 0 Å². The Balaban J connectivity index is 3.30. The molecule has 0 bridgehead atoms. The summed E-state index contributed by atoms with van der Waals surface area (Å²) in [6.07, 6.45) is 2.32. The molecular formula is C7H14N2O2. The molecule has 11 heavy (non-hydrogen) atoms. The number of nitrogens with zero attached hydrogens (tertiary/aromatic N) is 1. The van der Waals surface area contributed by atoms with Crippen molar-refractivity contribution in [1.82, 2.24) is 10.4 Å². The van der Waals surface area contributed by atoms with Crippen molar-refractivity contribution < 1.29 is 9.59 Å². The van der Waals surface area contributed by atoms with Crippen LogP contribution in [0.2, 0.25) is 0 Å². The lowest BCUT2D eigenvalue weighted by Crippen LogP contribution is -2.35. The van der Waals surface area contributed by atoms with Gasteiger partial charge in [-0.1, -0.05) is 0 Å². The number of nitrogens with one attached hydrogen (secondary N) is 1. The highest BCUT2D eigenvalue weighted by Gasteiger charge is 1.99. The minimum atomic E-state index is -0.0446. The van der Waals surface area contributed by atoms with Crippen molar-refractivity contribution in [2.45, 2.75) is 19.3 Å². The van der Waals surface area contributed by atoms with E-state index in [1.54, 1.807) is 19.1 Å². The molecule has 64 valence electrons. The van der Waals surface area contributed by atoms with Crippen molar-refractivity contribution in [3.8, 4) is 0 Å². The number of aldehydes is 1. The summed E-state index contributed by atoms with van der Waals surface area (Å²) >= 11 is 0. The lowest BCUT2D eigenvalue weighted by Gasteiger charge is -2.10. The molecule has 1 N–H and O–H groups in total. The molecule has 0 unspecified atom stereocenters. The first-order valence-electron chi connectivity index (χ1n) is 3.57. The Hall–Kier alpha value is -0.900. The van der Waals surface area contributed by atoms with E-state index in [0.29, 0.717) is 19.3 Å². The summed E-state index contributed by atoms with van der Waals surface area (Å²) in [5.74, 6) is -0.0446. The van der Waals surface area contributed by atoms with Gasteiger partial charge in [-0.05, 0) is 6.42 Å². The first kappa shape index (κ1) is 10.1. The van der Waals surface area contributed by atoms with Crippen LogP contribution in [-0.4, -0.2) is 31.3 Å². The highest BCUT2D eigenvalue weighted by atomic mass is 16.2. The molecule has 0 aliphatic rings. The van der Waals surface area contributed by atoms with Gasteiger partial charge in [-0.3, -0.25) is 10.2 Å². The van der Waals surface area contributed by atoms with Gasteiger partial charge in [-0.2, -0.15) is 0 Å². The second-order valence-corrected chi connectivity index (χ2v) is 2.49. The highest BCUT2D eigenvalue weighted by Crippen LogP contribution is 1.91. The molecule has 0 fully saturated rings. The summed E-state index contributed by atoms with van der Waals surface area (Å²) < 4.78 is 0. The van der Waals surface area contributed by atoms with E-state index in [0.717, 1.165) is 6.29 Å². The van der Waals surface area contributed by atoms with Crippen LogP contribution in [0.1, 0.15) is 19.3 Å². The van der Waals surface area contributed by atoms with Crippen LogP contribution >= 0.6 is 0 Å². The molecule has 0 aromatic rings. The van der Waals surface area contributed by atoms with Crippen LogP contribution in [0.15, 0.2) is 0 Å². The maximum atomic E-state index is 10.9. The zero-order valence-electron chi connectivity index (χ0n) is 6.96. The molecule has 0 heterocycles. The van der Waals surface area contributed by atoms with Crippen LogP contribution in [0, 0.1) is 0 Å². The Kier molecular flexibility index (Phi) is 5.37. The minimum absolute atomic E-state index is 0.0446. The van der Waals surface area contributed by atoms with E-state index in [1.165, 1.54) is 0 Å². The van der Waals surface area contributed by atoms with Crippen LogP contribution < -0.4 is 5.43 Å². The highest BCUT2D eigenvalue weighted by molar-refractivity contribution is 5.75. The summed E-state index contributed by atoms with van der Waals surface area (Å²) in [6.45, 7) is 0. The summed E-state index contributed by atoms with van der Waals surface area (Å²) in [7, 11) is 3.50. The van der Waals surface area contributed by atoms with Gasteiger partial charge in [0, 0.05) is 26.9 Å². The van der Waals surface area contributed by atoms with Gasteiger partial charge in [0.1, 0.15) is 6.29 Å². The maximum Gasteiger partial charge on any atom is 0.234 e. The number of hydrogen-bond acceptors (Lipinski definition) is 3. The molecule has 0 aliphatic carbocycles. The third kappa shape index (κ3) is 6.99. The Morgan fingerprint density at radius 3 is 2.64 bits per heavy atom. The van der Waals surface area contributed by atoms with Crippen molar-refractivity contribution in [2.75, 3.05) is 14.1 Å². The lowest BCUT2D eigenvalue weighted by atomic mass is 10.2. The molecule has 0 aromatic heterocycles. The normalized spacial score (nSPS) is 9.73. The molecule has 0 saturated carbocycles. The number of carbonyl (C=O) groups is 2. The van der Waals surface area contributed by atoms with Gasteiger partial charge in [0.05, 0.1) is 0 Å². The average molecular weight is 158 g/mol. The number of amides is 1. The van der Waals surface area contributed by atoms with Gasteiger partial charge >= 0.3 is 0 Å². The lowest BCUT2D eigenvalue weighted by molar-refractivity contribution is -0.124. The van der Waals surface area contributed by atoms with E-state index in [4.69, 9.17) is 0 Å². The molecule has 4 heteroatoms. The summed E-state index contributed by atoms with van der Waals surface area (Å²) in [5.41, 5.74) is 2.58. The van der Waals surface area contributed by atoms with Crippen LogP contribution in [0.25, 0.3) is 0 Å². The molecule has 1 amide bonds. The van der Waals surface area contributed by atoms with Gasteiger partial charge in [-0.15, -0.1) is 0 Å². The quantitative estimate of drug-likeness (QED) is 0.346. The fourth-order valence-corrected chi connectivity index (χ4v) is 0.651. The molecule has 0 aliphatic heterocycles. The van der Waals surface area contributed by atoms with Crippen molar-refractivity contribution in [1.29, 1.82) is 0 Å². The van der Waals surface area contributed by atoms with Crippen molar-refractivity contribution in [3.63, 3.8) is 0 Å². The summed E-state index contributed by atoms with van der Waals surface area (Å²) in [5, 5.41) is 1.59. The Morgan fingerprint density at radius 2 is 2.18 bits per heavy atom. The van der Waals surface area contributed by atoms with E-state index in [2.05, 4.69) is 5.43 Å².